The summed E-state index contributed by atoms with van der Waals surface area (Å²) in [6.07, 6.45) is 1.74. The zero-order valence-electron chi connectivity index (χ0n) is 11.7. The lowest BCUT2D eigenvalue weighted by Gasteiger charge is -2.26. The third-order valence-electron chi connectivity index (χ3n) is 3.34. The molecule has 1 amide bonds. The quantitative estimate of drug-likeness (QED) is 0.865. The van der Waals surface area contributed by atoms with Crippen molar-refractivity contribution in [2.24, 2.45) is 0 Å². The normalized spacial score (nSPS) is 15.5. The van der Waals surface area contributed by atoms with Crippen LogP contribution in [-0.2, 0) is 4.79 Å². The Morgan fingerprint density at radius 2 is 2.15 bits per heavy atom. The number of carbonyl (C=O) groups excluding carboxylic acids is 1. The minimum Gasteiger partial charge on any atom is -0.494 e. The maximum atomic E-state index is 12.5. The van der Waals surface area contributed by atoms with Crippen LogP contribution in [0.15, 0.2) is 24.3 Å². The average molecular weight is 277 g/mol. The van der Waals surface area contributed by atoms with Gasteiger partial charge in [-0.1, -0.05) is 6.07 Å². The zero-order valence-corrected chi connectivity index (χ0v) is 11.7. The van der Waals surface area contributed by atoms with Crippen LogP contribution in [0.1, 0.15) is 37.0 Å². The van der Waals surface area contributed by atoms with Gasteiger partial charge >= 0.3 is 5.97 Å². The van der Waals surface area contributed by atoms with Crippen LogP contribution in [0.3, 0.4) is 0 Å². The molecule has 1 aromatic rings. The Kier molecular flexibility index (Phi) is 4.27. The molecule has 5 nitrogen and oxygen atoms in total. The van der Waals surface area contributed by atoms with Gasteiger partial charge in [0.2, 0.25) is 0 Å². The molecule has 0 heterocycles. The smallest absolute Gasteiger partial charge is 0.326 e. The first-order chi connectivity index (χ1) is 9.54. The van der Waals surface area contributed by atoms with Gasteiger partial charge in [0.25, 0.3) is 5.91 Å². The molecule has 1 saturated carbocycles. The van der Waals surface area contributed by atoms with E-state index in [4.69, 9.17) is 9.84 Å². The second kappa shape index (κ2) is 5.94. The molecule has 0 saturated heterocycles. The highest BCUT2D eigenvalue weighted by molar-refractivity contribution is 5.97. The molecule has 1 aliphatic rings. The van der Waals surface area contributed by atoms with Crippen molar-refractivity contribution in [1.82, 2.24) is 4.90 Å². The van der Waals surface area contributed by atoms with E-state index in [-0.39, 0.29) is 11.9 Å². The van der Waals surface area contributed by atoms with Crippen LogP contribution in [0.5, 0.6) is 5.75 Å². The van der Waals surface area contributed by atoms with Crippen molar-refractivity contribution in [1.29, 1.82) is 0 Å². The number of benzene rings is 1. The Labute approximate surface area is 118 Å². The highest BCUT2D eigenvalue weighted by atomic mass is 16.5. The number of hydrogen-bond acceptors (Lipinski definition) is 3. The SMILES string of the molecule is CCOc1cccc(C(=O)N(C2CC2)C(C)C(=O)O)c1. The predicted octanol–water partition coefficient (Wildman–Crippen LogP) is 2.16. The number of carbonyl (C=O) groups is 2. The first-order valence-corrected chi connectivity index (χ1v) is 6.83. The highest BCUT2D eigenvalue weighted by Crippen LogP contribution is 2.30. The molecule has 1 atom stereocenters. The fourth-order valence-electron chi connectivity index (χ4n) is 2.16. The number of carboxylic acids is 1. The second-order valence-corrected chi connectivity index (χ2v) is 4.92. The fourth-order valence-corrected chi connectivity index (χ4v) is 2.16. The first kappa shape index (κ1) is 14.4. The maximum Gasteiger partial charge on any atom is 0.326 e. The Bertz CT molecular complexity index is 510. The molecule has 1 fully saturated rings. The van der Waals surface area contributed by atoms with E-state index < -0.39 is 12.0 Å². The lowest BCUT2D eigenvalue weighted by molar-refractivity contribution is -0.141. The summed E-state index contributed by atoms with van der Waals surface area (Å²) in [5.74, 6) is -0.604. The predicted molar refractivity (Wildman–Crippen MR) is 73.9 cm³/mol. The lowest BCUT2D eigenvalue weighted by atomic mass is 10.1. The number of ether oxygens (including phenoxy) is 1. The number of aliphatic carboxylic acids is 1. The van der Waals surface area contributed by atoms with Gasteiger partial charge in [-0.05, 0) is 44.9 Å². The van der Waals surface area contributed by atoms with Crippen molar-refractivity contribution in [2.45, 2.75) is 38.8 Å². The van der Waals surface area contributed by atoms with Crippen LogP contribution in [0.4, 0.5) is 0 Å². The Hall–Kier alpha value is -2.04. The van der Waals surface area contributed by atoms with E-state index >= 15 is 0 Å². The molecule has 1 aromatic carbocycles. The van der Waals surface area contributed by atoms with Crippen LogP contribution < -0.4 is 4.74 Å². The number of carboxylic acid groups (broad SMARTS) is 1. The van der Waals surface area contributed by atoms with Crippen LogP contribution in [0.25, 0.3) is 0 Å². The summed E-state index contributed by atoms with van der Waals surface area (Å²) in [4.78, 5) is 25.2. The van der Waals surface area contributed by atoms with Crippen LogP contribution in [-0.4, -0.2) is 40.6 Å². The summed E-state index contributed by atoms with van der Waals surface area (Å²) in [6.45, 7) is 3.94. The molecule has 20 heavy (non-hydrogen) atoms. The summed E-state index contributed by atoms with van der Waals surface area (Å²) >= 11 is 0. The van der Waals surface area contributed by atoms with Crippen molar-refractivity contribution < 1.29 is 19.4 Å². The van der Waals surface area contributed by atoms with E-state index in [0.717, 1.165) is 12.8 Å². The van der Waals surface area contributed by atoms with Gasteiger partial charge in [-0.3, -0.25) is 4.79 Å². The molecular formula is C15H19NO4. The van der Waals surface area contributed by atoms with Gasteiger partial charge < -0.3 is 14.7 Å². The van der Waals surface area contributed by atoms with Crippen molar-refractivity contribution in [2.75, 3.05) is 6.61 Å². The number of amides is 1. The van der Waals surface area contributed by atoms with Crippen molar-refractivity contribution >= 4 is 11.9 Å². The third-order valence-corrected chi connectivity index (χ3v) is 3.34. The van der Waals surface area contributed by atoms with Crippen molar-refractivity contribution in [3.8, 4) is 5.75 Å². The molecule has 1 N–H and O–H groups in total. The molecule has 2 rings (SSSR count). The standard InChI is InChI=1S/C15H19NO4/c1-3-20-13-6-4-5-11(9-13)14(17)16(12-7-8-12)10(2)15(18)19/h4-6,9-10,12H,3,7-8H2,1-2H3,(H,18,19). The van der Waals surface area contributed by atoms with Gasteiger partial charge in [0.15, 0.2) is 0 Å². The highest BCUT2D eigenvalue weighted by Gasteiger charge is 2.38. The third kappa shape index (κ3) is 3.10. The lowest BCUT2D eigenvalue weighted by Crippen LogP contribution is -2.44. The van der Waals surface area contributed by atoms with E-state index in [1.165, 1.54) is 4.90 Å². The monoisotopic (exact) mass is 277 g/mol. The summed E-state index contributed by atoms with van der Waals surface area (Å²) in [7, 11) is 0. The van der Waals surface area contributed by atoms with Gasteiger partial charge in [-0.15, -0.1) is 0 Å². The number of rotatable bonds is 6. The Morgan fingerprint density at radius 3 is 2.70 bits per heavy atom. The van der Waals surface area contributed by atoms with Gasteiger partial charge in [-0.2, -0.15) is 0 Å². The van der Waals surface area contributed by atoms with Crippen molar-refractivity contribution in [3.05, 3.63) is 29.8 Å². The number of hydrogen-bond donors (Lipinski definition) is 1. The summed E-state index contributed by atoms with van der Waals surface area (Å²) < 4.78 is 5.37. The van der Waals surface area contributed by atoms with E-state index in [1.807, 2.05) is 6.92 Å². The Morgan fingerprint density at radius 1 is 1.45 bits per heavy atom. The molecule has 1 aliphatic carbocycles. The maximum absolute atomic E-state index is 12.5. The summed E-state index contributed by atoms with van der Waals surface area (Å²) in [5, 5.41) is 9.15. The molecule has 5 heteroatoms. The first-order valence-electron chi connectivity index (χ1n) is 6.83. The van der Waals surface area contributed by atoms with Gasteiger partial charge in [0.1, 0.15) is 11.8 Å². The second-order valence-electron chi connectivity index (χ2n) is 4.92. The molecule has 0 aliphatic heterocycles. The summed E-state index contributed by atoms with van der Waals surface area (Å²) in [6, 6.07) is 6.11. The van der Waals surface area contributed by atoms with E-state index in [0.29, 0.717) is 17.9 Å². The largest absolute Gasteiger partial charge is 0.494 e. The van der Waals surface area contributed by atoms with Crippen LogP contribution in [0, 0.1) is 0 Å². The van der Waals surface area contributed by atoms with Gasteiger partial charge in [-0.25, -0.2) is 4.79 Å². The minimum atomic E-state index is -0.980. The van der Waals surface area contributed by atoms with Crippen LogP contribution >= 0.6 is 0 Å². The topological polar surface area (TPSA) is 66.8 Å². The minimum absolute atomic E-state index is 0.0457. The fraction of sp³-hybridized carbons (Fsp3) is 0.467. The van der Waals surface area contributed by atoms with E-state index in [9.17, 15) is 9.59 Å². The van der Waals surface area contributed by atoms with E-state index in [1.54, 1.807) is 31.2 Å². The zero-order chi connectivity index (χ0) is 14.7. The van der Waals surface area contributed by atoms with E-state index in [2.05, 4.69) is 0 Å². The molecule has 0 spiro atoms. The van der Waals surface area contributed by atoms with Crippen LogP contribution in [0.2, 0.25) is 0 Å². The molecule has 108 valence electrons. The molecule has 0 radical (unpaired) electrons. The molecule has 0 aromatic heterocycles. The molecule has 0 bridgehead atoms. The van der Waals surface area contributed by atoms with Gasteiger partial charge in [0, 0.05) is 11.6 Å². The summed E-state index contributed by atoms with van der Waals surface area (Å²) in [5.41, 5.74) is 0.468. The molecule has 1 unspecified atom stereocenters. The van der Waals surface area contributed by atoms with Crippen molar-refractivity contribution in [3.63, 3.8) is 0 Å². The average Bonchev–Trinajstić information content (AvgIpc) is 3.24. The van der Waals surface area contributed by atoms with Gasteiger partial charge in [0.05, 0.1) is 6.61 Å². The molecular weight excluding hydrogens is 258 g/mol. The Balaban J connectivity index is 2.23. The number of nitrogens with zero attached hydrogens (tertiary/aromatic N) is 1.